The van der Waals surface area contributed by atoms with Crippen LogP contribution < -0.4 is 5.69 Å². The smallest absolute Gasteiger partial charge is 0.327 e. The van der Waals surface area contributed by atoms with Crippen molar-refractivity contribution in [2.24, 2.45) is 4.99 Å². The number of hydrogen-bond donors (Lipinski definition) is 2. The average molecular weight is 555 g/mol. The van der Waals surface area contributed by atoms with Gasteiger partial charge in [-0.2, -0.15) is 0 Å². The number of benzene rings is 1. The van der Waals surface area contributed by atoms with E-state index in [-0.39, 0.29) is 17.8 Å². The standard InChI is InChI=1S/C20H20ClIN6O3/c21-11-1-2-14-15(7-11)27(10-23-14)19-22-17(26-8-13(29)9-26)16-18(25-19)28(20(30)24-16)12-3-5-31-6-4-12/h1-2,7,10,12-13,29H,3-6,8-9H2,(H,24,30). The Kier molecular flexibility index (Phi) is 4.87. The molecular weight excluding hydrogens is 535 g/mol. The maximum atomic E-state index is 13.0. The highest BCUT2D eigenvalue weighted by molar-refractivity contribution is 14.2. The molecule has 2 N–H and O–H groups in total. The van der Waals surface area contributed by atoms with Crippen molar-refractivity contribution in [3.05, 3.63) is 45.7 Å². The molecule has 9 nitrogen and oxygen atoms in total. The number of likely N-dealkylation sites (tertiary alicyclic amines) is 1. The van der Waals surface area contributed by atoms with Gasteiger partial charge in [0.2, 0.25) is 0 Å². The van der Waals surface area contributed by atoms with Crippen LogP contribution in [0.15, 0.2) is 34.3 Å². The number of H-pyrrole nitrogens is 1. The Balaban J connectivity index is 1.53. The topological polar surface area (TPSA) is 101 Å². The molecule has 0 saturated carbocycles. The first-order valence-electron chi connectivity index (χ1n) is 10.2. The molecule has 0 unspecified atom stereocenters. The molecule has 6 rings (SSSR count). The van der Waals surface area contributed by atoms with Crippen LogP contribution in [-0.2, 0) is 4.74 Å². The van der Waals surface area contributed by atoms with E-state index in [1.807, 2.05) is 22.8 Å². The minimum absolute atomic E-state index is 0.0553. The number of nitrogens with one attached hydrogen (secondary N) is 1. The Hall–Kier alpha value is -1.86. The Labute approximate surface area is 192 Å². The largest absolute Gasteiger partial charge is 0.390 e. The summed E-state index contributed by atoms with van der Waals surface area (Å²) in [5.74, 6) is 0.665. The predicted molar refractivity (Wildman–Crippen MR) is 127 cm³/mol. The molecule has 3 aliphatic rings. The lowest BCUT2D eigenvalue weighted by molar-refractivity contribution is 0.0487. The molecule has 0 spiro atoms. The molecule has 11 heteroatoms. The fourth-order valence-corrected chi connectivity index (χ4v) is 7.27. The number of aliphatic hydroxyl groups excluding tert-OH is 1. The van der Waals surface area contributed by atoms with Gasteiger partial charge in [-0.05, 0) is 51.8 Å². The van der Waals surface area contributed by atoms with Gasteiger partial charge in [0.15, 0.2) is 9.66 Å². The molecule has 3 aromatic rings. The second-order valence-electron chi connectivity index (χ2n) is 7.91. The van der Waals surface area contributed by atoms with Crippen molar-refractivity contribution >= 4 is 56.7 Å². The van der Waals surface area contributed by atoms with Crippen LogP contribution in [0.4, 0.5) is 5.82 Å². The molecule has 2 aromatic heterocycles. The molecule has 0 atom stereocenters. The summed E-state index contributed by atoms with van der Waals surface area (Å²) in [6.45, 7) is 2.42. The summed E-state index contributed by atoms with van der Waals surface area (Å²) in [5, 5.41) is 10.5. The third kappa shape index (κ3) is 3.32. The van der Waals surface area contributed by atoms with Gasteiger partial charge < -0.3 is 14.8 Å². The lowest BCUT2D eigenvalue weighted by atomic mass is 10.1. The first-order chi connectivity index (χ1) is 15.1. The zero-order valence-electron chi connectivity index (χ0n) is 16.5. The Morgan fingerprint density at radius 1 is 1.26 bits per heavy atom. The average Bonchev–Trinajstić information content (AvgIpc) is 3.31. The maximum Gasteiger partial charge on any atom is 0.327 e. The molecule has 0 amide bonds. The van der Waals surface area contributed by atoms with Crippen molar-refractivity contribution in [2.75, 3.05) is 26.3 Å². The third-order valence-electron chi connectivity index (χ3n) is 5.88. The highest BCUT2D eigenvalue weighted by Gasteiger charge is 2.35. The van der Waals surface area contributed by atoms with Gasteiger partial charge in [-0.25, -0.2) is 14.8 Å². The Morgan fingerprint density at radius 2 is 2.06 bits per heavy atom. The number of aromatic nitrogens is 4. The maximum absolute atomic E-state index is 13.0. The lowest BCUT2D eigenvalue weighted by Crippen LogP contribution is -2.53. The summed E-state index contributed by atoms with van der Waals surface area (Å²) < 4.78 is 11.2. The minimum Gasteiger partial charge on any atom is -0.390 e. The zero-order valence-corrected chi connectivity index (χ0v) is 19.4. The summed E-state index contributed by atoms with van der Waals surface area (Å²) in [6.07, 6.45) is 3.01. The monoisotopic (exact) mass is 554 g/mol. The van der Waals surface area contributed by atoms with Crippen LogP contribution in [0, 0.1) is 0 Å². The second kappa shape index (κ2) is 7.62. The summed E-state index contributed by atoms with van der Waals surface area (Å²) in [6, 6.07) is 5.66. The fraction of sp³-hybridized carbons (Fsp3) is 0.400. The molecule has 0 radical (unpaired) electrons. The van der Waals surface area contributed by atoms with E-state index in [0.29, 0.717) is 37.1 Å². The predicted octanol–water partition coefficient (Wildman–Crippen LogP) is 2.21. The van der Waals surface area contributed by atoms with E-state index in [2.05, 4.69) is 14.9 Å². The molecular formula is C20H20ClIN6O3. The van der Waals surface area contributed by atoms with E-state index in [4.69, 9.17) is 21.3 Å². The molecule has 3 aliphatic heterocycles. The summed E-state index contributed by atoms with van der Waals surface area (Å²) in [7, 11) is 0. The molecule has 0 aliphatic carbocycles. The summed E-state index contributed by atoms with van der Waals surface area (Å²) in [5.41, 5.74) is 2.40. The van der Waals surface area contributed by atoms with E-state index in [9.17, 15) is 9.90 Å². The van der Waals surface area contributed by atoms with Crippen molar-refractivity contribution in [3.8, 4) is 0 Å². The van der Waals surface area contributed by atoms with E-state index >= 15 is 0 Å². The zero-order chi connectivity index (χ0) is 21.1. The van der Waals surface area contributed by atoms with Gasteiger partial charge >= 0.3 is 5.69 Å². The highest BCUT2D eigenvalue weighted by atomic mass is 127. The first kappa shape index (κ1) is 19.8. The third-order valence-corrected chi connectivity index (χ3v) is 9.10. The molecule has 0 bridgehead atoms. The van der Waals surface area contributed by atoms with Crippen LogP contribution in [0.5, 0.6) is 0 Å². The van der Waals surface area contributed by atoms with Crippen LogP contribution >= 0.6 is 32.3 Å². The number of hydrogen-bond acceptors (Lipinski definition) is 6. The number of fused-ring (bicyclic) bond motifs is 2. The number of imidazole rings is 2. The number of ether oxygens (including phenoxy) is 1. The number of β-amino-alcohol motifs (C(OH)–C–C–N with tert-alkyl or cyclic N) is 1. The van der Waals surface area contributed by atoms with E-state index in [1.54, 1.807) is 10.9 Å². The van der Waals surface area contributed by atoms with Crippen molar-refractivity contribution < 1.29 is 9.84 Å². The minimum atomic E-state index is -0.723. The van der Waals surface area contributed by atoms with Crippen molar-refractivity contribution in [2.45, 2.75) is 25.0 Å². The number of aliphatic imine (C=N–C) groups is 1. The van der Waals surface area contributed by atoms with Crippen molar-refractivity contribution in [3.63, 3.8) is 0 Å². The SMILES string of the molecule is O=c1[nH]c2c(n1C1CCOCC1)N=C(n1cnc3ccc(Cl)cc31)I=C2N1CC(O)C1. The van der Waals surface area contributed by atoms with Crippen LogP contribution in [0.3, 0.4) is 0 Å². The summed E-state index contributed by atoms with van der Waals surface area (Å²) in [4.78, 5) is 27.7. The molecule has 1 aromatic carbocycles. The van der Waals surface area contributed by atoms with Crippen LogP contribution in [-0.4, -0.2) is 69.0 Å². The molecule has 5 heterocycles. The second-order valence-corrected chi connectivity index (χ2v) is 10.9. The fourth-order valence-electron chi connectivity index (χ4n) is 4.27. The van der Waals surface area contributed by atoms with Gasteiger partial charge in [0.1, 0.15) is 12.0 Å². The molecule has 2 saturated heterocycles. The quantitative estimate of drug-likeness (QED) is 0.473. The van der Waals surface area contributed by atoms with Crippen LogP contribution in [0.25, 0.3) is 11.0 Å². The van der Waals surface area contributed by atoms with Gasteiger partial charge in [-0.15, -0.1) is 0 Å². The number of halogens is 2. The van der Waals surface area contributed by atoms with Crippen molar-refractivity contribution in [1.29, 1.82) is 0 Å². The highest BCUT2D eigenvalue weighted by Crippen LogP contribution is 2.35. The van der Waals surface area contributed by atoms with E-state index in [1.165, 1.54) is 0 Å². The number of nitrogens with zero attached hydrogens (tertiary/aromatic N) is 5. The number of aliphatic hydroxyl groups is 1. The van der Waals surface area contributed by atoms with Crippen molar-refractivity contribution in [1.82, 2.24) is 24.0 Å². The van der Waals surface area contributed by atoms with Gasteiger partial charge in [0, 0.05) is 37.4 Å². The van der Waals surface area contributed by atoms with Gasteiger partial charge in [-0.1, -0.05) is 11.6 Å². The summed E-state index contributed by atoms with van der Waals surface area (Å²) >= 11 is 5.53. The molecule has 2 fully saturated rings. The van der Waals surface area contributed by atoms with E-state index in [0.717, 1.165) is 37.0 Å². The van der Waals surface area contributed by atoms with Crippen LogP contribution in [0.1, 0.15) is 24.6 Å². The normalized spacial score (nSPS) is 20.7. The molecule has 31 heavy (non-hydrogen) atoms. The Morgan fingerprint density at radius 3 is 2.84 bits per heavy atom. The van der Waals surface area contributed by atoms with Gasteiger partial charge in [0.05, 0.1) is 20.8 Å². The van der Waals surface area contributed by atoms with Crippen LogP contribution in [0.2, 0.25) is 5.02 Å². The Bertz CT molecular complexity index is 1300. The van der Waals surface area contributed by atoms with E-state index < -0.39 is 20.7 Å². The molecule has 162 valence electrons. The first-order valence-corrected chi connectivity index (χ1v) is 12.7. The number of rotatable bonds is 2. The van der Waals surface area contributed by atoms with Gasteiger partial charge in [-0.3, -0.25) is 14.0 Å². The van der Waals surface area contributed by atoms with Gasteiger partial charge in [0.25, 0.3) is 0 Å². The lowest BCUT2D eigenvalue weighted by Gasteiger charge is -2.37. The number of aromatic amines is 1.